The molecule has 0 rings (SSSR count). The van der Waals surface area contributed by atoms with Gasteiger partial charge in [-0.05, 0) is 13.3 Å². The van der Waals surface area contributed by atoms with E-state index in [1.807, 2.05) is 5.32 Å². The number of carbonyl (C=O) groups excluding carboxylic acids is 4. The smallest absolute Gasteiger partial charge is 0.322 e. The number of hydrogen-bond acceptors (Lipinski definition) is 9. The Morgan fingerprint density at radius 1 is 0.871 bits per heavy atom. The van der Waals surface area contributed by atoms with Crippen molar-refractivity contribution in [2.45, 2.75) is 44.0 Å². The molecule has 0 saturated carbocycles. The SMILES string of the molecule is C[C@@H](O)[C@H](NC(=O)[C@@H](N)CCC(=O)O)C(=O)NCC(=O)N[C@@H](CO)C(=O)NCC(=O)O. The second kappa shape index (κ2) is 13.8. The highest BCUT2D eigenvalue weighted by Crippen LogP contribution is 1.99. The highest BCUT2D eigenvalue weighted by Gasteiger charge is 2.28. The molecule has 0 bridgehead atoms. The van der Waals surface area contributed by atoms with E-state index in [-0.39, 0.29) is 12.8 Å². The van der Waals surface area contributed by atoms with Crippen molar-refractivity contribution in [1.82, 2.24) is 21.3 Å². The molecule has 0 unspecified atom stereocenters. The molecule has 0 spiro atoms. The van der Waals surface area contributed by atoms with Gasteiger partial charge >= 0.3 is 11.9 Å². The molecule has 15 nitrogen and oxygen atoms in total. The monoisotopic (exact) mass is 449 g/mol. The normalized spacial score (nSPS) is 14.3. The lowest BCUT2D eigenvalue weighted by Crippen LogP contribution is -2.57. The van der Waals surface area contributed by atoms with Gasteiger partial charge in [0.25, 0.3) is 0 Å². The molecule has 0 radical (unpaired) electrons. The maximum absolute atomic E-state index is 12.2. The molecule has 0 heterocycles. The van der Waals surface area contributed by atoms with E-state index in [0.717, 1.165) is 0 Å². The van der Waals surface area contributed by atoms with E-state index >= 15 is 0 Å². The maximum Gasteiger partial charge on any atom is 0.322 e. The second-order valence-electron chi connectivity index (χ2n) is 6.40. The Hall–Kier alpha value is -3.30. The van der Waals surface area contributed by atoms with Crippen molar-refractivity contribution in [2.75, 3.05) is 19.7 Å². The molecule has 0 aliphatic rings. The van der Waals surface area contributed by atoms with Crippen LogP contribution in [0.1, 0.15) is 19.8 Å². The van der Waals surface area contributed by atoms with Crippen molar-refractivity contribution in [2.24, 2.45) is 5.73 Å². The Morgan fingerprint density at radius 2 is 1.45 bits per heavy atom. The predicted molar refractivity (Wildman–Crippen MR) is 101 cm³/mol. The van der Waals surface area contributed by atoms with E-state index in [1.165, 1.54) is 6.92 Å². The Kier molecular flexibility index (Phi) is 12.4. The number of carbonyl (C=O) groups is 6. The minimum absolute atomic E-state index is 0.204. The van der Waals surface area contributed by atoms with Crippen molar-refractivity contribution in [1.29, 1.82) is 0 Å². The van der Waals surface area contributed by atoms with Crippen LogP contribution in [-0.4, -0.2) is 99.9 Å². The third kappa shape index (κ3) is 11.5. The van der Waals surface area contributed by atoms with Gasteiger partial charge in [0, 0.05) is 6.42 Å². The number of aliphatic hydroxyl groups excluding tert-OH is 2. The summed E-state index contributed by atoms with van der Waals surface area (Å²) >= 11 is 0. The average molecular weight is 449 g/mol. The van der Waals surface area contributed by atoms with E-state index in [4.69, 9.17) is 21.1 Å². The topological polar surface area (TPSA) is 257 Å². The molecule has 0 saturated heterocycles. The van der Waals surface area contributed by atoms with E-state index in [2.05, 4.69) is 16.0 Å². The number of carboxylic acid groups (broad SMARTS) is 2. The maximum atomic E-state index is 12.2. The average Bonchev–Trinajstić information content (AvgIpc) is 2.69. The standard InChI is InChI=1S/C16H27N5O10/c1-7(23)13(21-14(29)8(17)2-3-11(25)26)16(31)18-4-10(24)20-9(6-22)15(30)19-5-12(27)28/h7-9,13,22-23H,2-6,17H2,1H3,(H,18,31)(H,19,30)(H,20,24)(H,21,29)(H,25,26)(H,27,28)/t7-,8+,9+,13+/m1/s1. The van der Waals surface area contributed by atoms with Crippen LogP contribution in [0.2, 0.25) is 0 Å². The lowest BCUT2D eigenvalue weighted by Gasteiger charge is -2.23. The summed E-state index contributed by atoms with van der Waals surface area (Å²) in [5.41, 5.74) is 5.53. The van der Waals surface area contributed by atoms with E-state index in [0.29, 0.717) is 0 Å². The molecule has 0 aliphatic carbocycles. The number of aliphatic carboxylic acids is 2. The van der Waals surface area contributed by atoms with Crippen molar-refractivity contribution < 1.29 is 49.2 Å². The van der Waals surface area contributed by atoms with Crippen molar-refractivity contribution in [3.8, 4) is 0 Å². The van der Waals surface area contributed by atoms with Gasteiger partial charge in [-0.15, -0.1) is 0 Å². The Labute approximate surface area is 176 Å². The molecular formula is C16H27N5O10. The predicted octanol–water partition coefficient (Wildman–Crippen LogP) is -5.16. The van der Waals surface area contributed by atoms with Gasteiger partial charge in [-0.2, -0.15) is 0 Å². The zero-order valence-corrected chi connectivity index (χ0v) is 16.7. The third-order valence-electron chi connectivity index (χ3n) is 3.74. The van der Waals surface area contributed by atoms with Crippen molar-refractivity contribution in [3.63, 3.8) is 0 Å². The number of carboxylic acids is 2. The molecule has 0 aromatic carbocycles. The van der Waals surface area contributed by atoms with Gasteiger partial charge in [0.15, 0.2) is 0 Å². The molecule has 176 valence electrons. The van der Waals surface area contributed by atoms with Gasteiger partial charge in [-0.25, -0.2) is 0 Å². The number of hydrogen-bond donors (Lipinski definition) is 9. The Balaban J connectivity index is 4.73. The van der Waals surface area contributed by atoms with Crippen LogP contribution in [0.15, 0.2) is 0 Å². The summed E-state index contributed by atoms with van der Waals surface area (Å²) in [7, 11) is 0. The zero-order valence-electron chi connectivity index (χ0n) is 16.7. The van der Waals surface area contributed by atoms with Gasteiger partial charge in [-0.3, -0.25) is 28.8 Å². The van der Waals surface area contributed by atoms with Crippen LogP contribution in [0.3, 0.4) is 0 Å². The van der Waals surface area contributed by atoms with Crippen molar-refractivity contribution in [3.05, 3.63) is 0 Å². The van der Waals surface area contributed by atoms with Crippen LogP contribution in [0.4, 0.5) is 0 Å². The molecule has 15 heteroatoms. The van der Waals surface area contributed by atoms with Crippen LogP contribution in [0.5, 0.6) is 0 Å². The third-order valence-corrected chi connectivity index (χ3v) is 3.74. The fraction of sp³-hybridized carbons (Fsp3) is 0.625. The lowest BCUT2D eigenvalue weighted by atomic mass is 10.1. The van der Waals surface area contributed by atoms with Crippen LogP contribution < -0.4 is 27.0 Å². The van der Waals surface area contributed by atoms with Crippen LogP contribution in [0, 0.1) is 0 Å². The Morgan fingerprint density at radius 3 is 1.94 bits per heavy atom. The summed E-state index contributed by atoms with van der Waals surface area (Å²) < 4.78 is 0. The fourth-order valence-corrected chi connectivity index (χ4v) is 2.08. The van der Waals surface area contributed by atoms with Gasteiger partial charge in [0.05, 0.1) is 25.3 Å². The van der Waals surface area contributed by atoms with Gasteiger partial charge in [-0.1, -0.05) is 0 Å². The molecule has 4 amide bonds. The fourth-order valence-electron chi connectivity index (χ4n) is 2.08. The summed E-state index contributed by atoms with van der Waals surface area (Å²) in [5.74, 6) is -6.25. The minimum Gasteiger partial charge on any atom is -0.481 e. The zero-order chi connectivity index (χ0) is 24.1. The van der Waals surface area contributed by atoms with E-state index in [1.54, 1.807) is 0 Å². The molecule has 0 fully saturated rings. The summed E-state index contributed by atoms with van der Waals surface area (Å²) in [4.78, 5) is 68.6. The molecule has 4 atom stereocenters. The van der Waals surface area contributed by atoms with E-state index < -0.39 is 79.5 Å². The van der Waals surface area contributed by atoms with Gasteiger partial charge in [0.1, 0.15) is 18.6 Å². The quantitative estimate of drug-likeness (QED) is 0.121. The second-order valence-corrected chi connectivity index (χ2v) is 6.40. The van der Waals surface area contributed by atoms with Crippen molar-refractivity contribution >= 4 is 35.6 Å². The molecular weight excluding hydrogens is 422 g/mol. The summed E-state index contributed by atoms with van der Waals surface area (Å²) in [6, 6.07) is -4.23. The van der Waals surface area contributed by atoms with Gasteiger partial charge < -0.3 is 47.4 Å². The first kappa shape index (κ1) is 27.7. The Bertz CT molecular complexity index is 684. The first-order valence-electron chi connectivity index (χ1n) is 9.02. The molecule has 10 N–H and O–H groups in total. The molecule has 0 aromatic rings. The van der Waals surface area contributed by atoms with Crippen LogP contribution in [0.25, 0.3) is 0 Å². The number of aliphatic hydroxyl groups is 2. The lowest BCUT2D eigenvalue weighted by molar-refractivity contribution is -0.139. The van der Waals surface area contributed by atoms with Gasteiger partial charge in [0.2, 0.25) is 23.6 Å². The highest BCUT2D eigenvalue weighted by atomic mass is 16.4. The first-order valence-corrected chi connectivity index (χ1v) is 9.02. The van der Waals surface area contributed by atoms with E-state index in [9.17, 15) is 33.9 Å². The summed E-state index contributed by atoms with van der Waals surface area (Å²) in [6.07, 6.45) is -1.98. The van der Waals surface area contributed by atoms with Crippen LogP contribution >= 0.6 is 0 Å². The largest absolute Gasteiger partial charge is 0.481 e. The first-order chi connectivity index (χ1) is 14.4. The number of rotatable bonds is 14. The summed E-state index contributed by atoms with van der Waals surface area (Å²) in [5, 5.41) is 44.2. The molecule has 31 heavy (non-hydrogen) atoms. The highest BCUT2D eigenvalue weighted by molar-refractivity contribution is 5.94. The minimum atomic E-state index is -1.51. The number of amides is 4. The molecule has 0 aliphatic heterocycles. The number of nitrogens with two attached hydrogens (primary N) is 1. The van der Waals surface area contributed by atoms with Crippen LogP contribution in [-0.2, 0) is 28.8 Å². The summed E-state index contributed by atoms with van der Waals surface area (Å²) in [6.45, 7) is -1.09. The number of nitrogens with one attached hydrogen (secondary N) is 4. The molecule has 0 aromatic heterocycles.